The number of ether oxygens (including phenoxy) is 1. The highest BCUT2D eigenvalue weighted by atomic mass is 79.9. The van der Waals surface area contributed by atoms with Crippen molar-refractivity contribution in [2.45, 2.75) is 19.9 Å². The lowest BCUT2D eigenvalue weighted by Crippen LogP contribution is -2.39. The molecule has 0 saturated carbocycles. The summed E-state index contributed by atoms with van der Waals surface area (Å²) >= 11 is 3.46. The van der Waals surface area contributed by atoms with Crippen molar-refractivity contribution in [2.24, 2.45) is 0 Å². The Morgan fingerprint density at radius 3 is 2.89 bits per heavy atom. The van der Waals surface area contributed by atoms with E-state index in [1.165, 1.54) is 0 Å². The molecule has 5 heteroatoms. The van der Waals surface area contributed by atoms with Gasteiger partial charge in [-0.2, -0.15) is 0 Å². The van der Waals surface area contributed by atoms with E-state index in [0.29, 0.717) is 13.2 Å². The monoisotopic (exact) mass is 314 g/mol. The second-order valence-electron chi connectivity index (χ2n) is 4.13. The summed E-state index contributed by atoms with van der Waals surface area (Å²) in [6.45, 7) is 4.89. The third-order valence-corrected chi connectivity index (χ3v) is 3.18. The molecule has 2 N–H and O–H groups in total. The molecule has 1 aromatic rings. The van der Waals surface area contributed by atoms with Gasteiger partial charge in [0.2, 0.25) is 5.91 Å². The number of rotatable bonds is 6. The number of hydrogen-bond acceptors (Lipinski definition) is 3. The van der Waals surface area contributed by atoms with Gasteiger partial charge in [0.25, 0.3) is 0 Å². The van der Waals surface area contributed by atoms with Crippen molar-refractivity contribution in [3.63, 3.8) is 0 Å². The van der Waals surface area contributed by atoms with E-state index in [1.807, 2.05) is 32.0 Å². The van der Waals surface area contributed by atoms with Crippen molar-refractivity contribution >= 4 is 27.5 Å². The SMILES string of the molecule is COCCNC(=O)C(C)Nc1cc(C)ccc1Br. The third kappa shape index (κ3) is 4.66. The van der Waals surface area contributed by atoms with Gasteiger partial charge in [0.1, 0.15) is 6.04 Å². The maximum atomic E-state index is 11.8. The molecule has 1 aromatic carbocycles. The normalized spacial score (nSPS) is 12.0. The predicted octanol–water partition coefficient (Wildman–Crippen LogP) is 2.32. The maximum Gasteiger partial charge on any atom is 0.242 e. The molecular formula is C13H19BrN2O2. The van der Waals surface area contributed by atoms with E-state index in [9.17, 15) is 4.79 Å². The molecule has 18 heavy (non-hydrogen) atoms. The minimum Gasteiger partial charge on any atom is -0.383 e. The van der Waals surface area contributed by atoms with Crippen LogP contribution in [0.3, 0.4) is 0 Å². The predicted molar refractivity (Wildman–Crippen MR) is 76.8 cm³/mol. The molecule has 1 rings (SSSR count). The van der Waals surface area contributed by atoms with Crippen molar-refractivity contribution in [2.75, 3.05) is 25.6 Å². The first-order chi connectivity index (χ1) is 8.54. The number of halogens is 1. The van der Waals surface area contributed by atoms with Gasteiger partial charge in [0.05, 0.1) is 6.61 Å². The highest BCUT2D eigenvalue weighted by molar-refractivity contribution is 9.10. The Balaban J connectivity index is 2.55. The minimum atomic E-state index is -0.292. The molecule has 0 spiro atoms. The molecule has 1 unspecified atom stereocenters. The van der Waals surface area contributed by atoms with Crippen LogP contribution in [0.15, 0.2) is 22.7 Å². The quantitative estimate of drug-likeness (QED) is 0.792. The van der Waals surface area contributed by atoms with Crippen LogP contribution >= 0.6 is 15.9 Å². The fourth-order valence-corrected chi connectivity index (χ4v) is 1.84. The fourth-order valence-electron chi connectivity index (χ4n) is 1.48. The van der Waals surface area contributed by atoms with Crippen LogP contribution in [0.1, 0.15) is 12.5 Å². The van der Waals surface area contributed by atoms with Crippen LogP contribution < -0.4 is 10.6 Å². The number of carbonyl (C=O) groups is 1. The highest BCUT2D eigenvalue weighted by Gasteiger charge is 2.13. The lowest BCUT2D eigenvalue weighted by molar-refractivity contribution is -0.121. The van der Waals surface area contributed by atoms with E-state index in [4.69, 9.17) is 4.74 Å². The summed E-state index contributed by atoms with van der Waals surface area (Å²) in [5, 5.41) is 5.97. The highest BCUT2D eigenvalue weighted by Crippen LogP contribution is 2.23. The number of benzene rings is 1. The van der Waals surface area contributed by atoms with Gasteiger partial charge in [0, 0.05) is 23.8 Å². The Bertz CT molecular complexity index is 410. The fraction of sp³-hybridized carbons (Fsp3) is 0.462. The van der Waals surface area contributed by atoms with Gasteiger partial charge in [-0.05, 0) is 47.5 Å². The first kappa shape index (κ1) is 15.0. The molecule has 0 aromatic heterocycles. The lowest BCUT2D eigenvalue weighted by atomic mass is 10.2. The molecule has 0 bridgehead atoms. The molecule has 0 radical (unpaired) electrons. The molecule has 0 aliphatic heterocycles. The Morgan fingerprint density at radius 2 is 2.22 bits per heavy atom. The van der Waals surface area contributed by atoms with E-state index in [2.05, 4.69) is 26.6 Å². The number of hydrogen-bond donors (Lipinski definition) is 2. The van der Waals surface area contributed by atoms with Gasteiger partial charge in [0.15, 0.2) is 0 Å². The van der Waals surface area contributed by atoms with E-state index >= 15 is 0 Å². The molecule has 100 valence electrons. The summed E-state index contributed by atoms with van der Waals surface area (Å²) in [4.78, 5) is 11.8. The van der Waals surface area contributed by atoms with Crippen molar-refractivity contribution in [3.05, 3.63) is 28.2 Å². The van der Waals surface area contributed by atoms with E-state index in [-0.39, 0.29) is 11.9 Å². The smallest absolute Gasteiger partial charge is 0.242 e. The van der Waals surface area contributed by atoms with Crippen molar-refractivity contribution < 1.29 is 9.53 Å². The molecule has 0 aliphatic rings. The number of aryl methyl sites for hydroxylation is 1. The Kier molecular flexibility index (Phi) is 6.15. The van der Waals surface area contributed by atoms with E-state index in [1.54, 1.807) is 7.11 Å². The topological polar surface area (TPSA) is 50.4 Å². The summed E-state index contributed by atoms with van der Waals surface area (Å²) in [6, 6.07) is 5.69. The minimum absolute atomic E-state index is 0.0412. The van der Waals surface area contributed by atoms with Crippen molar-refractivity contribution in [1.82, 2.24) is 5.32 Å². The number of anilines is 1. The van der Waals surface area contributed by atoms with Crippen LogP contribution in [-0.2, 0) is 9.53 Å². The summed E-state index contributed by atoms with van der Waals surface area (Å²) in [7, 11) is 1.61. The largest absolute Gasteiger partial charge is 0.383 e. The lowest BCUT2D eigenvalue weighted by Gasteiger charge is -2.16. The van der Waals surface area contributed by atoms with Crippen LogP contribution in [-0.4, -0.2) is 32.2 Å². The molecule has 0 fully saturated rings. The van der Waals surface area contributed by atoms with Crippen molar-refractivity contribution in [3.8, 4) is 0 Å². The molecule has 0 saturated heterocycles. The number of amides is 1. The standard InChI is InChI=1S/C13H19BrN2O2/c1-9-4-5-11(14)12(8-9)16-10(2)13(17)15-6-7-18-3/h4-5,8,10,16H,6-7H2,1-3H3,(H,15,17). The van der Waals surface area contributed by atoms with Crippen LogP contribution in [0.4, 0.5) is 5.69 Å². The van der Waals surface area contributed by atoms with Crippen LogP contribution in [0.5, 0.6) is 0 Å². The van der Waals surface area contributed by atoms with Gasteiger partial charge in [-0.1, -0.05) is 6.07 Å². The Morgan fingerprint density at radius 1 is 1.50 bits per heavy atom. The van der Waals surface area contributed by atoms with Gasteiger partial charge >= 0.3 is 0 Å². The first-order valence-electron chi connectivity index (χ1n) is 5.84. The van der Waals surface area contributed by atoms with Gasteiger partial charge in [-0.3, -0.25) is 4.79 Å². The summed E-state index contributed by atoms with van der Waals surface area (Å²) < 4.78 is 5.83. The number of methoxy groups -OCH3 is 1. The third-order valence-electron chi connectivity index (χ3n) is 2.49. The average molecular weight is 315 g/mol. The van der Waals surface area contributed by atoms with Gasteiger partial charge < -0.3 is 15.4 Å². The van der Waals surface area contributed by atoms with Crippen LogP contribution in [0, 0.1) is 6.92 Å². The van der Waals surface area contributed by atoms with Crippen LogP contribution in [0.25, 0.3) is 0 Å². The van der Waals surface area contributed by atoms with E-state index in [0.717, 1.165) is 15.7 Å². The molecule has 1 amide bonds. The molecule has 0 heterocycles. The molecular weight excluding hydrogens is 296 g/mol. The zero-order valence-corrected chi connectivity index (χ0v) is 12.5. The number of nitrogens with one attached hydrogen (secondary N) is 2. The molecule has 4 nitrogen and oxygen atoms in total. The van der Waals surface area contributed by atoms with Crippen molar-refractivity contribution in [1.29, 1.82) is 0 Å². The van der Waals surface area contributed by atoms with E-state index < -0.39 is 0 Å². The Hall–Kier alpha value is -1.07. The molecule has 1 atom stereocenters. The Labute approximate surface area is 116 Å². The summed E-state index contributed by atoms with van der Waals surface area (Å²) in [5.41, 5.74) is 2.07. The van der Waals surface area contributed by atoms with Gasteiger partial charge in [-0.25, -0.2) is 0 Å². The first-order valence-corrected chi connectivity index (χ1v) is 6.63. The van der Waals surface area contributed by atoms with Gasteiger partial charge in [-0.15, -0.1) is 0 Å². The maximum absolute atomic E-state index is 11.8. The zero-order chi connectivity index (χ0) is 13.5. The summed E-state index contributed by atoms with van der Waals surface area (Å²) in [5.74, 6) is -0.0412. The zero-order valence-electron chi connectivity index (χ0n) is 10.9. The average Bonchev–Trinajstić information content (AvgIpc) is 2.34. The second-order valence-corrected chi connectivity index (χ2v) is 4.99. The molecule has 0 aliphatic carbocycles. The van der Waals surface area contributed by atoms with Crippen LogP contribution in [0.2, 0.25) is 0 Å². The summed E-state index contributed by atoms with van der Waals surface area (Å²) in [6.07, 6.45) is 0. The number of carbonyl (C=O) groups excluding carboxylic acids is 1. The second kappa shape index (κ2) is 7.38.